The normalized spacial score (nSPS) is 13.5. The van der Waals surface area contributed by atoms with Gasteiger partial charge >= 0.3 is 0 Å². The van der Waals surface area contributed by atoms with Crippen LogP contribution in [-0.2, 0) is 17.6 Å². The van der Waals surface area contributed by atoms with Gasteiger partial charge in [-0.05, 0) is 59.9 Å². The summed E-state index contributed by atoms with van der Waals surface area (Å²) in [5.74, 6) is 0.0324. The molecule has 2 atom stereocenters. The topological polar surface area (TPSA) is 55.1 Å². The number of hydrogen-bond acceptors (Lipinski definition) is 3. The lowest BCUT2D eigenvalue weighted by Crippen LogP contribution is -2.46. The van der Waals surface area contributed by atoms with Crippen molar-refractivity contribution in [3.05, 3.63) is 71.1 Å². The van der Waals surface area contributed by atoms with E-state index in [-0.39, 0.29) is 18.0 Å². The predicted molar refractivity (Wildman–Crippen MR) is 106 cm³/mol. The molecule has 3 N–H and O–H groups in total. The largest absolute Gasteiger partial charge is 0.352 e. The second-order valence-corrected chi connectivity index (χ2v) is 7.47. The van der Waals surface area contributed by atoms with E-state index in [1.807, 2.05) is 31.2 Å². The van der Waals surface area contributed by atoms with Gasteiger partial charge in [-0.25, -0.2) is 0 Å². The molecule has 0 saturated heterocycles. The third kappa shape index (κ3) is 4.91. The molecule has 0 aliphatic rings. The van der Waals surface area contributed by atoms with Gasteiger partial charge in [-0.1, -0.05) is 36.4 Å². The highest BCUT2D eigenvalue weighted by Crippen LogP contribution is 2.22. The summed E-state index contributed by atoms with van der Waals surface area (Å²) in [5.41, 5.74) is 8.40. The molecular weight excluding hydrogens is 328 g/mol. The number of aryl methyl sites for hydroxylation is 1. The van der Waals surface area contributed by atoms with Crippen LogP contribution >= 0.6 is 11.3 Å². The Morgan fingerprint density at radius 1 is 1.12 bits per heavy atom. The number of hydrogen-bond donors (Lipinski definition) is 2. The molecule has 0 aliphatic heterocycles. The highest BCUT2D eigenvalue weighted by Gasteiger charge is 2.17. The summed E-state index contributed by atoms with van der Waals surface area (Å²) < 4.78 is 1.25. The van der Waals surface area contributed by atoms with Gasteiger partial charge in [0.1, 0.15) is 0 Å². The molecule has 1 amide bonds. The maximum absolute atomic E-state index is 12.4. The molecule has 25 heavy (non-hydrogen) atoms. The molecule has 0 aliphatic carbocycles. The molecule has 0 fully saturated rings. The summed E-state index contributed by atoms with van der Waals surface area (Å²) in [6.07, 6.45) is 2.14. The van der Waals surface area contributed by atoms with Gasteiger partial charge in [0.25, 0.3) is 0 Å². The molecule has 3 rings (SSSR count). The van der Waals surface area contributed by atoms with Crippen molar-refractivity contribution in [2.45, 2.75) is 38.3 Å². The van der Waals surface area contributed by atoms with E-state index < -0.39 is 0 Å². The molecular formula is C21H24N2OS. The first-order valence-electron chi connectivity index (χ1n) is 8.67. The molecule has 0 radical (unpaired) electrons. The average Bonchev–Trinajstić information content (AvgIpc) is 3.07. The molecule has 4 heteroatoms. The van der Waals surface area contributed by atoms with Crippen LogP contribution in [0.25, 0.3) is 10.1 Å². The minimum absolute atomic E-state index is 0.0161. The number of fused-ring (bicyclic) bond motifs is 1. The van der Waals surface area contributed by atoms with Gasteiger partial charge < -0.3 is 11.1 Å². The Hall–Kier alpha value is -2.17. The number of carbonyl (C=O) groups is 1. The highest BCUT2D eigenvalue weighted by molar-refractivity contribution is 7.17. The quantitative estimate of drug-likeness (QED) is 0.677. The van der Waals surface area contributed by atoms with Crippen molar-refractivity contribution in [2.24, 2.45) is 5.73 Å². The van der Waals surface area contributed by atoms with Crippen LogP contribution in [0.4, 0.5) is 0 Å². The highest BCUT2D eigenvalue weighted by atomic mass is 32.1. The van der Waals surface area contributed by atoms with Crippen LogP contribution in [0.5, 0.6) is 0 Å². The molecule has 3 nitrogen and oxygen atoms in total. The maximum atomic E-state index is 12.4. The summed E-state index contributed by atoms with van der Waals surface area (Å²) in [6.45, 7) is 1.95. The Morgan fingerprint density at radius 3 is 2.68 bits per heavy atom. The SMILES string of the molecule is CC(N)C(CCc1ccccc1)NC(=O)Cc1ccc2sccc2c1. The third-order valence-electron chi connectivity index (χ3n) is 4.45. The molecule has 0 spiro atoms. The van der Waals surface area contributed by atoms with Crippen molar-refractivity contribution >= 4 is 27.3 Å². The molecule has 130 valence electrons. The van der Waals surface area contributed by atoms with Crippen LogP contribution in [0.3, 0.4) is 0 Å². The second-order valence-electron chi connectivity index (χ2n) is 6.53. The zero-order valence-corrected chi connectivity index (χ0v) is 15.3. The number of rotatable bonds is 7. The van der Waals surface area contributed by atoms with E-state index in [1.54, 1.807) is 11.3 Å². The number of carbonyl (C=O) groups excluding carboxylic acids is 1. The molecule has 1 aromatic heterocycles. The van der Waals surface area contributed by atoms with E-state index in [0.717, 1.165) is 18.4 Å². The summed E-state index contributed by atoms with van der Waals surface area (Å²) in [6, 6.07) is 18.5. The van der Waals surface area contributed by atoms with E-state index in [1.165, 1.54) is 15.6 Å². The van der Waals surface area contributed by atoms with E-state index in [2.05, 4.69) is 41.0 Å². The zero-order valence-electron chi connectivity index (χ0n) is 14.4. The monoisotopic (exact) mass is 352 g/mol. The van der Waals surface area contributed by atoms with E-state index in [0.29, 0.717) is 6.42 Å². The molecule has 0 saturated carbocycles. The minimum atomic E-state index is -0.0768. The van der Waals surface area contributed by atoms with Gasteiger partial charge in [-0.15, -0.1) is 11.3 Å². The van der Waals surface area contributed by atoms with E-state index in [9.17, 15) is 4.79 Å². The Morgan fingerprint density at radius 2 is 1.92 bits per heavy atom. The van der Waals surface area contributed by atoms with Crippen LogP contribution < -0.4 is 11.1 Å². The molecule has 0 bridgehead atoms. The first kappa shape index (κ1) is 17.6. The van der Waals surface area contributed by atoms with E-state index in [4.69, 9.17) is 5.73 Å². The molecule has 2 unspecified atom stereocenters. The number of amides is 1. The van der Waals surface area contributed by atoms with Crippen molar-refractivity contribution in [2.75, 3.05) is 0 Å². The van der Waals surface area contributed by atoms with Gasteiger partial charge in [0, 0.05) is 16.8 Å². The Balaban J connectivity index is 1.58. The molecule has 3 aromatic rings. The lowest BCUT2D eigenvalue weighted by atomic mass is 10.0. The predicted octanol–water partition coefficient (Wildman–Crippen LogP) is 3.91. The summed E-state index contributed by atoms with van der Waals surface area (Å²) in [4.78, 5) is 12.4. The lowest BCUT2D eigenvalue weighted by molar-refractivity contribution is -0.121. The number of benzene rings is 2. The first-order valence-corrected chi connectivity index (χ1v) is 9.55. The number of nitrogens with one attached hydrogen (secondary N) is 1. The fourth-order valence-electron chi connectivity index (χ4n) is 3.00. The fourth-order valence-corrected chi connectivity index (χ4v) is 3.77. The van der Waals surface area contributed by atoms with Gasteiger partial charge in [0.15, 0.2) is 0 Å². The standard InChI is InChI=1S/C21H24N2OS/c1-15(22)19(9-7-16-5-3-2-4-6-16)23-21(24)14-17-8-10-20-18(13-17)11-12-25-20/h2-6,8,10-13,15,19H,7,9,14,22H2,1H3,(H,23,24). The third-order valence-corrected chi connectivity index (χ3v) is 5.35. The van der Waals surface area contributed by atoms with Crippen LogP contribution in [0, 0.1) is 0 Å². The summed E-state index contributed by atoms with van der Waals surface area (Å²) in [7, 11) is 0. The summed E-state index contributed by atoms with van der Waals surface area (Å²) in [5, 5.41) is 6.39. The van der Waals surface area contributed by atoms with Gasteiger partial charge in [0.05, 0.1) is 6.42 Å². The summed E-state index contributed by atoms with van der Waals surface area (Å²) >= 11 is 1.72. The lowest BCUT2D eigenvalue weighted by Gasteiger charge is -2.22. The van der Waals surface area contributed by atoms with Crippen LogP contribution in [0.15, 0.2) is 60.0 Å². The van der Waals surface area contributed by atoms with Crippen LogP contribution in [0.2, 0.25) is 0 Å². The van der Waals surface area contributed by atoms with Gasteiger partial charge in [-0.3, -0.25) is 4.79 Å². The number of thiophene rings is 1. The van der Waals surface area contributed by atoms with Crippen molar-refractivity contribution in [3.63, 3.8) is 0 Å². The number of nitrogens with two attached hydrogens (primary N) is 1. The maximum Gasteiger partial charge on any atom is 0.224 e. The van der Waals surface area contributed by atoms with E-state index >= 15 is 0 Å². The Bertz CT molecular complexity index is 826. The Labute approximate surface area is 152 Å². The zero-order chi connectivity index (χ0) is 17.6. The van der Waals surface area contributed by atoms with Crippen molar-refractivity contribution in [1.29, 1.82) is 0 Å². The van der Waals surface area contributed by atoms with Crippen molar-refractivity contribution in [1.82, 2.24) is 5.32 Å². The Kier molecular flexibility index (Phi) is 5.84. The smallest absolute Gasteiger partial charge is 0.224 e. The van der Waals surface area contributed by atoms with Crippen LogP contribution in [0.1, 0.15) is 24.5 Å². The average molecular weight is 353 g/mol. The molecule has 2 aromatic carbocycles. The molecule has 1 heterocycles. The van der Waals surface area contributed by atoms with Crippen molar-refractivity contribution < 1.29 is 4.79 Å². The second kappa shape index (κ2) is 8.28. The van der Waals surface area contributed by atoms with Gasteiger partial charge in [-0.2, -0.15) is 0 Å². The van der Waals surface area contributed by atoms with Gasteiger partial charge in [0.2, 0.25) is 5.91 Å². The minimum Gasteiger partial charge on any atom is -0.352 e. The van der Waals surface area contributed by atoms with Crippen LogP contribution in [-0.4, -0.2) is 18.0 Å². The van der Waals surface area contributed by atoms with Crippen molar-refractivity contribution in [3.8, 4) is 0 Å². The first-order chi connectivity index (χ1) is 12.1. The fraction of sp³-hybridized carbons (Fsp3) is 0.286.